The lowest BCUT2D eigenvalue weighted by atomic mass is 10.5. The van der Waals surface area contributed by atoms with Gasteiger partial charge < -0.3 is 5.21 Å². The number of rotatable bonds is 3. The van der Waals surface area contributed by atoms with Crippen LogP contribution in [0.4, 0.5) is 0 Å². The summed E-state index contributed by atoms with van der Waals surface area (Å²) in [6, 6.07) is 0. The van der Waals surface area contributed by atoms with Crippen molar-refractivity contribution in [2.45, 2.75) is 0 Å². The van der Waals surface area contributed by atoms with Crippen LogP contribution in [-0.2, 0) is 4.79 Å². The summed E-state index contributed by atoms with van der Waals surface area (Å²) in [5.41, 5.74) is 1.75. The van der Waals surface area contributed by atoms with Gasteiger partial charge in [0.1, 0.15) is 0 Å². The molecule has 40 valence electrons. The molecule has 0 unspecified atom stereocenters. The average Bonchev–Trinajstić information content (AvgIpc) is 1.68. The maximum absolute atomic E-state index is 9.60. The molecular weight excluding hydrogens is 114 g/mol. The first kappa shape index (κ1) is 6.68. The Kier molecular flexibility index (Phi) is 3.68. The normalized spacial score (nSPS) is 8.14. The van der Waals surface area contributed by atoms with Crippen LogP contribution in [0.15, 0.2) is 0 Å². The van der Waals surface area contributed by atoms with E-state index in [-0.39, 0.29) is 11.4 Å². The second-order valence-electron chi connectivity index (χ2n) is 0.919. The van der Waals surface area contributed by atoms with E-state index in [0.29, 0.717) is 6.29 Å². The third-order valence-corrected chi connectivity index (χ3v) is 0.625. The number of nitrogens with one attached hydrogen (secondary N) is 1. The van der Waals surface area contributed by atoms with Gasteiger partial charge in [-0.05, 0) is 0 Å². The molecule has 0 heterocycles. The Labute approximate surface area is 46.3 Å². The first-order valence-electron chi connectivity index (χ1n) is 1.66. The molecule has 0 saturated heterocycles. The van der Waals surface area contributed by atoms with Gasteiger partial charge in [0, 0.05) is 0 Å². The quantitative estimate of drug-likeness (QED) is 0.300. The average molecular weight is 119 g/mol. The van der Waals surface area contributed by atoms with Crippen LogP contribution >= 0.6 is 12.2 Å². The maximum atomic E-state index is 9.60. The van der Waals surface area contributed by atoms with E-state index in [1.165, 1.54) is 0 Å². The van der Waals surface area contributed by atoms with E-state index in [0.717, 1.165) is 0 Å². The lowest BCUT2D eigenvalue weighted by Crippen LogP contribution is -2.17. The standard InChI is InChI=1S/C3H5NO2S/c5-2-3(7)1-4-6/h2,4,6H,1H2. The molecule has 0 bridgehead atoms. The molecule has 0 atom stereocenters. The molecule has 3 nitrogen and oxygen atoms in total. The summed E-state index contributed by atoms with van der Waals surface area (Å²) < 4.78 is 0. The van der Waals surface area contributed by atoms with Crippen LogP contribution in [0, 0.1) is 0 Å². The predicted octanol–water partition coefficient (Wildman–Crippen LogP) is -0.466. The topological polar surface area (TPSA) is 49.3 Å². The number of hydrogen-bond donors (Lipinski definition) is 2. The van der Waals surface area contributed by atoms with E-state index >= 15 is 0 Å². The lowest BCUT2D eigenvalue weighted by Gasteiger charge is -1.86. The van der Waals surface area contributed by atoms with Crippen molar-refractivity contribution >= 4 is 23.4 Å². The fraction of sp³-hybridized carbons (Fsp3) is 0.333. The van der Waals surface area contributed by atoms with E-state index < -0.39 is 0 Å². The molecule has 0 amide bonds. The van der Waals surface area contributed by atoms with Crippen molar-refractivity contribution in [1.82, 2.24) is 5.48 Å². The van der Waals surface area contributed by atoms with Crippen LogP contribution in [0.1, 0.15) is 0 Å². The smallest absolute Gasteiger partial charge is 0.158 e. The summed E-state index contributed by atoms with van der Waals surface area (Å²) in [7, 11) is 0. The van der Waals surface area contributed by atoms with Crippen molar-refractivity contribution in [3.05, 3.63) is 0 Å². The molecule has 7 heavy (non-hydrogen) atoms. The molecule has 2 N–H and O–H groups in total. The van der Waals surface area contributed by atoms with E-state index in [1.54, 1.807) is 5.48 Å². The number of aldehydes is 1. The van der Waals surface area contributed by atoms with Gasteiger partial charge in [-0.2, -0.15) is 0 Å². The number of thiocarbonyl (C=S) groups is 1. The highest BCUT2D eigenvalue weighted by Crippen LogP contribution is 1.63. The third kappa shape index (κ3) is 3.51. The van der Waals surface area contributed by atoms with Crippen LogP contribution in [0.25, 0.3) is 0 Å². The second-order valence-corrected chi connectivity index (χ2v) is 1.44. The summed E-state index contributed by atoms with van der Waals surface area (Å²) in [6.45, 7) is 0.0683. The van der Waals surface area contributed by atoms with Crippen molar-refractivity contribution < 1.29 is 10.0 Å². The maximum Gasteiger partial charge on any atom is 0.158 e. The van der Waals surface area contributed by atoms with E-state index in [4.69, 9.17) is 5.21 Å². The molecule has 0 aromatic heterocycles. The minimum Gasteiger partial charge on any atom is -0.316 e. The zero-order valence-electron chi connectivity index (χ0n) is 3.55. The largest absolute Gasteiger partial charge is 0.316 e. The second kappa shape index (κ2) is 3.86. The molecule has 0 saturated carbocycles. The Morgan fingerprint density at radius 2 is 2.57 bits per heavy atom. The molecule has 0 fully saturated rings. The Bertz CT molecular complexity index is 83.0. The van der Waals surface area contributed by atoms with Gasteiger partial charge >= 0.3 is 0 Å². The number of hydroxylamine groups is 1. The number of carbonyl (C=O) groups is 1. The monoisotopic (exact) mass is 119 g/mol. The van der Waals surface area contributed by atoms with E-state index in [1.807, 2.05) is 0 Å². The number of carbonyl (C=O) groups excluding carboxylic acids is 1. The van der Waals surface area contributed by atoms with Gasteiger partial charge in [-0.25, -0.2) is 5.48 Å². The molecule has 0 radical (unpaired) electrons. The van der Waals surface area contributed by atoms with Crippen molar-refractivity contribution in [2.75, 3.05) is 6.54 Å². The summed E-state index contributed by atoms with van der Waals surface area (Å²) >= 11 is 4.36. The first-order chi connectivity index (χ1) is 3.31. The Morgan fingerprint density at radius 1 is 2.00 bits per heavy atom. The molecule has 0 spiro atoms. The minimum atomic E-state index is 0.0683. The van der Waals surface area contributed by atoms with Gasteiger partial charge in [-0.1, -0.05) is 12.2 Å². The molecule has 0 aromatic rings. The lowest BCUT2D eigenvalue weighted by molar-refractivity contribution is -0.102. The van der Waals surface area contributed by atoms with E-state index in [2.05, 4.69) is 12.2 Å². The van der Waals surface area contributed by atoms with Crippen LogP contribution < -0.4 is 5.48 Å². The third-order valence-electron chi connectivity index (χ3n) is 0.385. The van der Waals surface area contributed by atoms with Gasteiger partial charge in [0.15, 0.2) is 6.29 Å². The fourth-order valence-electron chi connectivity index (χ4n) is 0.120. The first-order valence-corrected chi connectivity index (χ1v) is 2.07. The van der Waals surface area contributed by atoms with Gasteiger partial charge in [-0.15, -0.1) is 0 Å². The molecular formula is C3H5NO2S. The van der Waals surface area contributed by atoms with Crippen molar-refractivity contribution in [3.8, 4) is 0 Å². The van der Waals surface area contributed by atoms with Crippen molar-refractivity contribution in [1.29, 1.82) is 0 Å². The van der Waals surface area contributed by atoms with Crippen molar-refractivity contribution in [3.63, 3.8) is 0 Å². The summed E-state index contributed by atoms with van der Waals surface area (Å²) in [6.07, 6.45) is 0.512. The van der Waals surface area contributed by atoms with Gasteiger partial charge in [-0.3, -0.25) is 4.79 Å². The molecule has 0 aromatic carbocycles. The fourth-order valence-corrected chi connectivity index (χ4v) is 0.184. The molecule has 4 heteroatoms. The van der Waals surface area contributed by atoms with Gasteiger partial charge in [0.05, 0.1) is 11.4 Å². The Hall–Kier alpha value is -0.320. The Morgan fingerprint density at radius 3 is 2.71 bits per heavy atom. The highest BCUT2D eigenvalue weighted by Gasteiger charge is 1.86. The summed E-state index contributed by atoms with van der Waals surface area (Å²) in [5, 5.41) is 7.87. The minimum absolute atomic E-state index is 0.0683. The van der Waals surface area contributed by atoms with Gasteiger partial charge in [0.2, 0.25) is 0 Å². The van der Waals surface area contributed by atoms with Crippen LogP contribution in [0.3, 0.4) is 0 Å². The highest BCUT2D eigenvalue weighted by molar-refractivity contribution is 7.81. The Balaban J connectivity index is 3.17. The van der Waals surface area contributed by atoms with Gasteiger partial charge in [0.25, 0.3) is 0 Å². The zero-order chi connectivity index (χ0) is 5.70. The summed E-state index contributed by atoms with van der Waals surface area (Å²) in [5.74, 6) is 0. The summed E-state index contributed by atoms with van der Waals surface area (Å²) in [4.78, 5) is 9.77. The van der Waals surface area contributed by atoms with Crippen LogP contribution in [0.2, 0.25) is 0 Å². The molecule has 0 rings (SSSR count). The van der Waals surface area contributed by atoms with Crippen LogP contribution in [-0.4, -0.2) is 22.9 Å². The molecule has 0 aliphatic rings. The molecule has 0 aliphatic heterocycles. The molecule has 0 aliphatic carbocycles. The highest BCUT2D eigenvalue weighted by atomic mass is 32.1. The number of hydrogen-bond acceptors (Lipinski definition) is 4. The SMILES string of the molecule is O=CC(=S)CNO. The van der Waals surface area contributed by atoms with E-state index in [9.17, 15) is 4.79 Å². The van der Waals surface area contributed by atoms with Crippen molar-refractivity contribution in [2.24, 2.45) is 0 Å². The predicted molar refractivity (Wildman–Crippen MR) is 28.5 cm³/mol. The zero-order valence-corrected chi connectivity index (χ0v) is 4.36. The van der Waals surface area contributed by atoms with Crippen LogP contribution in [0.5, 0.6) is 0 Å².